The minimum Gasteiger partial charge on any atom is -0.493 e. The molecule has 0 aliphatic carbocycles. The van der Waals surface area contributed by atoms with E-state index in [-0.39, 0.29) is 6.61 Å². The molecule has 4 N–H and O–H groups in total. The normalized spacial score (nSPS) is 11.8. The molecule has 0 aliphatic rings. The van der Waals surface area contributed by atoms with Crippen LogP contribution in [-0.2, 0) is 11.3 Å². The summed E-state index contributed by atoms with van der Waals surface area (Å²) in [4.78, 5) is 10.9. The minimum absolute atomic E-state index is 0.243. The average Bonchev–Trinajstić information content (AvgIpc) is 2.58. The van der Waals surface area contributed by atoms with Crippen molar-refractivity contribution in [1.29, 1.82) is 0 Å². The number of benzene rings is 2. The SMILES string of the molecule is COc1cc(C[NH2+][C@H](C)c2ccccc2)cc(Cl)c1OCC(N)=O. The number of carbonyl (C=O) groups excluding carboxylic acids is 1. The summed E-state index contributed by atoms with van der Waals surface area (Å²) in [6.45, 7) is 2.65. The highest BCUT2D eigenvalue weighted by atomic mass is 35.5. The van der Waals surface area contributed by atoms with Gasteiger partial charge in [0.15, 0.2) is 18.1 Å². The van der Waals surface area contributed by atoms with Gasteiger partial charge in [-0.1, -0.05) is 41.9 Å². The van der Waals surface area contributed by atoms with E-state index in [2.05, 4.69) is 24.4 Å². The van der Waals surface area contributed by atoms with Crippen molar-refractivity contribution in [3.05, 3.63) is 58.6 Å². The monoisotopic (exact) mass is 349 g/mol. The molecule has 0 unspecified atom stereocenters. The van der Waals surface area contributed by atoms with Crippen molar-refractivity contribution < 1.29 is 19.6 Å². The van der Waals surface area contributed by atoms with E-state index in [0.29, 0.717) is 22.6 Å². The van der Waals surface area contributed by atoms with Gasteiger partial charge in [-0.2, -0.15) is 0 Å². The zero-order valence-corrected chi connectivity index (χ0v) is 14.5. The summed E-state index contributed by atoms with van der Waals surface area (Å²) in [6, 6.07) is 14.3. The predicted molar refractivity (Wildman–Crippen MR) is 93.2 cm³/mol. The fourth-order valence-corrected chi connectivity index (χ4v) is 2.67. The lowest BCUT2D eigenvalue weighted by molar-refractivity contribution is -0.707. The molecule has 6 heteroatoms. The number of methoxy groups -OCH3 is 1. The minimum atomic E-state index is -0.567. The first kappa shape index (κ1) is 18.1. The van der Waals surface area contributed by atoms with E-state index in [1.807, 2.05) is 30.3 Å². The highest BCUT2D eigenvalue weighted by Crippen LogP contribution is 2.36. The summed E-state index contributed by atoms with van der Waals surface area (Å²) in [7, 11) is 1.53. The Morgan fingerprint density at radius 1 is 1.29 bits per heavy atom. The Labute approximate surface area is 146 Å². The average molecular weight is 350 g/mol. The Bertz CT molecular complexity index is 692. The molecule has 2 aromatic rings. The molecule has 128 valence electrons. The summed E-state index contributed by atoms with van der Waals surface area (Å²) in [5.74, 6) is 0.250. The van der Waals surface area contributed by atoms with Gasteiger partial charge < -0.3 is 20.5 Å². The molecule has 2 rings (SSSR count). The zero-order chi connectivity index (χ0) is 17.5. The van der Waals surface area contributed by atoms with Crippen molar-refractivity contribution in [2.45, 2.75) is 19.5 Å². The van der Waals surface area contributed by atoms with Crippen LogP contribution in [0.4, 0.5) is 0 Å². The molecule has 0 aliphatic heterocycles. The standard InChI is InChI=1S/C18H21ClN2O3/c1-12(14-6-4-3-5-7-14)21-10-13-8-15(19)18(16(9-13)23-2)24-11-17(20)22/h3-9,12,21H,10-11H2,1-2H3,(H2,20,22)/p+1/t12-/m1/s1. The Kier molecular flexibility index (Phi) is 6.46. The molecule has 2 aromatic carbocycles. The number of halogens is 1. The van der Waals surface area contributed by atoms with Crippen molar-refractivity contribution in [2.75, 3.05) is 13.7 Å². The van der Waals surface area contributed by atoms with Gasteiger partial charge in [0.25, 0.3) is 5.91 Å². The lowest BCUT2D eigenvalue weighted by Crippen LogP contribution is -2.83. The van der Waals surface area contributed by atoms with E-state index in [1.54, 1.807) is 0 Å². The van der Waals surface area contributed by atoms with Gasteiger partial charge in [0.05, 0.1) is 12.1 Å². The highest BCUT2D eigenvalue weighted by Gasteiger charge is 2.15. The molecule has 0 bridgehead atoms. The predicted octanol–water partition coefficient (Wildman–Crippen LogP) is 2.04. The van der Waals surface area contributed by atoms with Crippen LogP contribution in [0.25, 0.3) is 0 Å². The first-order valence-electron chi connectivity index (χ1n) is 7.67. The van der Waals surface area contributed by atoms with Gasteiger partial charge in [-0.05, 0) is 19.1 Å². The van der Waals surface area contributed by atoms with Gasteiger partial charge in [0.2, 0.25) is 0 Å². The summed E-state index contributed by atoms with van der Waals surface area (Å²) in [5.41, 5.74) is 7.36. The molecule has 0 radical (unpaired) electrons. The van der Waals surface area contributed by atoms with Crippen LogP contribution in [0.15, 0.2) is 42.5 Å². The first-order valence-corrected chi connectivity index (χ1v) is 8.05. The Morgan fingerprint density at radius 2 is 2.00 bits per heavy atom. The molecular formula is C18H22ClN2O3+. The number of hydrogen-bond acceptors (Lipinski definition) is 3. The number of carbonyl (C=O) groups is 1. The van der Waals surface area contributed by atoms with Gasteiger partial charge in [-0.25, -0.2) is 0 Å². The lowest BCUT2D eigenvalue weighted by atomic mass is 10.1. The molecule has 0 aromatic heterocycles. The summed E-state index contributed by atoms with van der Waals surface area (Å²) < 4.78 is 10.6. The van der Waals surface area contributed by atoms with Crippen molar-refractivity contribution in [1.82, 2.24) is 0 Å². The Morgan fingerprint density at radius 3 is 2.62 bits per heavy atom. The van der Waals surface area contributed by atoms with Crippen LogP contribution in [-0.4, -0.2) is 19.6 Å². The number of amides is 1. The van der Waals surface area contributed by atoms with Crippen LogP contribution in [0.3, 0.4) is 0 Å². The van der Waals surface area contributed by atoms with Crippen LogP contribution < -0.4 is 20.5 Å². The van der Waals surface area contributed by atoms with Gasteiger partial charge in [-0.3, -0.25) is 4.79 Å². The van der Waals surface area contributed by atoms with E-state index >= 15 is 0 Å². The van der Waals surface area contributed by atoms with Crippen molar-refractivity contribution in [3.63, 3.8) is 0 Å². The number of ether oxygens (including phenoxy) is 2. The maximum Gasteiger partial charge on any atom is 0.255 e. The second-order valence-corrected chi connectivity index (χ2v) is 5.91. The van der Waals surface area contributed by atoms with E-state index in [4.69, 9.17) is 26.8 Å². The lowest BCUT2D eigenvalue weighted by Gasteiger charge is -2.14. The largest absolute Gasteiger partial charge is 0.493 e. The third-order valence-electron chi connectivity index (χ3n) is 3.68. The first-order chi connectivity index (χ1) is 11.5. The number of primary amides is 1. The molecule has 0 saturated heterocycles. The highest BCUT2D eigenvalue weighted by molar-refractivity contribution is 6.32. The van der Waals surface area contributed by atoms with Crippen LogP contribution in [0.2, 0.25) is 5.02 Å². The Hall–Kier alpha value is -2.24. The van der Waals surface area contributed by atoms with Gasteiger partial charge in [-0.15, -0.1) is 0 Å². The van der Waals surface area contributed by atoms with Gasteiger partial charge >= 0.3 is 0 Å². The summed E-state index contributed by atoms with van der Waals surface area (Å²) >= 11 is 6.26. The summed E-state index contributed by atoms with van der Waals surface area (Å²) in [5, 5.41) is 2.61. The fourth-order valence-electron chi connectivity index (χ4n) is 2.38. The second kappa shape index (κ2) is 8.57. The smallest absolute Gasteiger partial charge is 0.255 e. The van der Waals surface area contributed by atoms with Crippen LogP contribution in [0.1, 0.15) is 24.1 Å². The molecule has 24 heavy (non-hydrogen) atoms. The number of hydrogen-bond donors (Lipinski definition) is 2. The van der Waals surface area contributed by atoms with E-state index in [0.717, 1.165) is 12.1 Å². The van der Waals surface area contributed by atoms with Gasteiger partial charge in [0.1, 0.15) is 12.6 Å². The van der Waals surface area contributed by atoms with Crippen molar-refractivity contribution in [2.24, 2.45) is 5.73 Å². The maximum absolute atomic E-state index is 10.9. The molecule has 1 amide bonds. The quantitative estimate of drug-likeness (QED) is 0.765. The number of rotatable bonds is 8. The van der Waals surface area contributed by atoms with Gasteiger partial charge in [0, 0.05) is 11.1 Å². The molecule has 1 atom stereocenters. The number of nitrogens with two attached hydrogens (primary N) is 2. The van der Waals surface area contributed by atoms with E-state index in [1.165, 1.54) is 12.7 Å². The van der Waals surface area contributed by atoms with Crippen LogP contribution in [0, 0.1) is 0 Å². The van der Waals surface area contributed by atoms with Crippen molar-refractivity contribution in [3.8, 4) is 11.5 Å². The maximum atomic E-state index is 10.9. The second-order valence-electron chi connectivity index (χ2n) is 5.50. The van der Waals surface area contributed by atoms with Crippen LogP contribution in [0.5, 0.6) is 11.5 Å². The molecule has 0 fully saturated rings. The van der Waals surface area contributed by atoms with E-state index in [9.17, 15) is 4.79 Å². The Balaban J connectivity index is 2.08. The molecule has 0 heterocycles. The number of quaternary nitrogens is 1. The topological polar surface area (TPSA) is 78.2 Å². The van der Waals surface area contributed by atoms with Crippen molar-refractivity contribution >= 4 is 17.5 Å². The third-order valence-corrected chi connectivity index (χ3v) is 3.96. The third kappa shape index (κ3) is 4.88. The van der Waals surface area contributed by atoms with E-state index < -0.39 is 5.91 Å². The van der Waals surface area contributed by atoms with Crippen LogP contribution >= 0.6 is 11.6 Å². The molecule has 0 spiro atoms. The molecule has 5 nitrogen and oxygen atoms in total. The molecular weight excluding hydrogens is 328 g/mol. The zero-order valence-electron chi connectivity index (χ0n) is 13.8. The fraction of sp³-hybridized carbons (Fsp3) is 0.278. The summed E-state index contributed by atoms with van der Waals surface area (Å²) in [6.07, 6.45) is 0. The molecule has 0 saturated carbocycles.